The van der Waals surface area contributed by atoms with Gasteiger partial charge in [0.15, 0.2) is 5.82 Å². The minimum atomic E-state index is -0.540. The number of anilines is 1. The second-order valence-electron chi connectivity index (χ2n) is 5.84. The van der Waals surface area contributed by atoms with Crippen LogP contribution in [0.1, 0.15) is 29.3 Å². The Labute approximate surface area is 144 Å². The van der Waals surface area contributed by atoms with E-state index in [2.05, 4.69) is 20.3 Å². The summed E-state index contributed by atoms with van der Waals surface area (Å²) in [6.45, 7) is 0.432. The molecule has 1 aliphatic rings. The van der Waals surface area contributed by atoms with Gasteiger partial charge in [-0.3, -0.25) is 4.98 Å². The van der Waals surface area contributed by atoms with E-state index in [-0.39, 0.29) is 0 Å². The van der Waals surface area contributed by atoms with Gasteiger partial charge in [-0.2, -0.15) is 11.3 Å². The molecular weight excluding hydrogens is 320 g/mol. The quantitative estimate of drug-likeness (QED) is 0.747. The highest BCUT2D eigenvalue weighted by Crippen LogP contribution is 2.29. The molecule has 4 rings (SSSR count). The molecule has 0 saturated carbocycles. The predicted octanol–water partition coefficient (Wildman–Crippen LogP) is 3.23. The van der Waals surface area contributed by atoms with Crippen LogP contribution in [-0.2, 0) is 12.8 Å². The molecule has 0 saturated heterocycles. The highest BCUT2D eigenvalue weighted by Gasteiger charge is 2.21. The molecule has 0 radical (unpaired) electrons. The molecule has 0 aromatic carbocycles. The van der Waals surface area contributed by atoms with E-state index in [1.165, 1.54) is 5.56 Å². The normalized spacial score (nSPS) is 14.4. The summed E-state index contributed by atoms with van der Waals surface area (Å²) in [6, 6.07) is 7.68. The van der Waals surface area contributed by atoms with Crippen LogP contribution < -0.4 is 5.32 Å². The minimum Gasteiger partial charge on any atom is -0.387 e. The van der Waals surface area contributed by atoms with Crippen LogP contribution in [0.2, 0.25) is 0 Å². The molecule has 0 bridgehead atoms. The van der Waals surface area contributed by atoms with Crippen LogP contribution in [0.25, 0.3) is 11.5 Å². The molecule has 0 amide bonds. The van der Waals surface area contributed by atoms with Crippen molar-refractivity contribution in [2.45, 2.75) is 25.4 Å². The van der Waals surface area contributed by atoms with Crippen LogP contribution in [-0.4, -0.2) is 26.6 Å². The van der Waals surface area contributed by atoms with Crippen molar-refractivity contribution in [3.8, 4) is 11.5 Å². The first-order valence-corrected chi connectivity index (χ1v) is 9.01. The molecule has 1 atom stereocenters. The molecular formula is C18H18N4OS. The molecule has 0 spiro atoms. The third kappa shape index (κ3) is 3.02. The summed E-state index contributed by atoms with van der Waals surface area (Å²) in [5.41, 5.74) is 3.97. The third-order valence-electron chi connectivity index (χ3n) is 4.22. The standard InChI is InChI=1S/C18H18N4OS/c23-16(12-7-9-24-11-12)10-20-17-13-4-3-6-14(13)21-18(22-17)15-5-1-2-8-19-15/h1-2,5,7-9,11,16,23H,3-4,6,10H2,(H,20,21,22). The number of nitrogens with one attached hydrogen (secondary N) is 1. The van der Waals surface area contributed by atoms with Gasteiger partial charge in [-0.25, -0.2) is 9.97 Å². The number of thiophene rings is 1. The van der Waals surface area contributed by atoms with Crippen molar-refractivity contribution in [1.82, 2.24) is 15.0 Å². The van der Waals surface area contributed by atoms with E-state index in [0.29, 0.717) is 12.4 Å². The van der Waals surface area contributed by atoms with E-state index in [1.54, 1.807) is 17.5 Å². The van der Waals surface area contributed by atoms with Crippen molar-refractivity contribution in [1.29, 1.82) is 0 Å². The molecule has 2 N–H and O–H groups in total. The first-order valence-electron chi connectivity index (χ1n) is 8.06. The van der Waals surface area contributed by atoms with Gasteiger partial charge >= 0.3 is 0 Å². The lowest BCUT2D eigenvalue weighted by Crippen LogP contribution is -2.14. The van der Waals surface area contributed by atoms with Crippen molar-refractivity contribution in [2.75, 3.05) is 11.9 Å². The topological polar surface area (TPSA) is 70.9 Å². The van der Waals surface area contributed by atoms with Gasteiger partial charge < -0.3 is 10.4 Å². The number of aliphatic hydroxyl groups excluding tert-OH is 1. The smallest absolute Gasteiger partial charge is 0.180 e. The zero-order valence-electron chi connectivity index (χ0n) is 13.1. The monoisotopic (exact) mass is 338 g/mol. The van der Waals surface area contributed by atoms with Gasteiger partial charge in [0.25, 0.3) is 0 Å². The molecule has 1 unspecified atom stereocenters. The lowest BCUT2D eigenvalue weighted by Gasteiger charge is -2.14. The van der Waals surface area contributed by atoms with Gasteiger partial charge in [0.1, 0.15) is 11.5 Å². The molecule has 6 heteroatoms. The molecule has 0 aliphatic heterocycles. The average Bonchev–Trinajstić information content (AvgIpc) is 3.31. The van der Waals surface area contributed by atoms with E-state index in [9.17, 15) is 5.11 Å². The van der Waals surface area contributed by atoms with Gasteiger partial charge in [0, 0.05) is 24.0 Å². The Kier molecular flexibility index (Phi) is 4.23. The number of rotatable bonds is 5. The van der Waals surface area contributed by atoms with E-state index in [0.717, 1.165) is 42.0 Å². The van der Waals surface area contributed by atoms with Gasteiger partial charge in [-0.05, 0) is 53.8 Å². The summed E-state index contributed by atoms with van der Waals surface area (Å²) in [4.78, 5) is 13.7. The molecule has 3 heterocycles. The summed E-state index contributed by atoms with van der Waals surface area (Å²) in [6.07, 6.45) is 4.26. The Balaban J connectivity index is 1.61. The number of fused-ring (bicyclic) bond motifs is 1. The van der Waals surface area contributed by atoms with Gasteiger partial charge in [0.05, 0.1) is 6.10 Å². The van der Waals surface area contributed by atoms with E-state index in [1.807, 2.05) is 35.0 Å². The van der Waals surface area contributed by atoms with Crippen LogP contribution >= 0.6 is 11.3 Å². The molecule has 122 valence electrons. The molecule has 5 nitrogen and oxygen atoms in total. The number of pyridine rings is 1. The number of aliphatic hydroxyl groups is 1. The first-order chi connectivity index (χ1) is 11.8. The highest BCUT2D eigenvalue weighted by molar-refractivity contribution is 7.07. The first kappa shape index (κ1) is 15.2. The average molecular weight is 338 g/mol. The van der Waals surface area contributed by atoms with Gasteiger partial charge in [0.2, 0.25) is 0 Å². The molecule has 1 aliphatic carbocycles. The Morgan fingerprint density at radius 1 is 1.21 bits per heavy atom. The minimum absolute atomic E-state index is 0.432. The summed E-state index contributed by atoms with van der Waals surface area (Å²) in [7, 11) is 0. The van der Waals surface area contributed by atoms with Crippen LogP contribution in [0, 0.1) is 0 Å². The number of aryl methyl sites for hydroxylation is 1. The van der Waals surface area contributed by atoms with Crippen molar-refractivity contribution < 1.29 is 5.11 Å². The van der Waals surface area contributed by atoms with Crippen molar-refractivity contribution in [3.63, 3.8) is 0 Å². The van der Waals surface area contributed by atoms with Crippen molar-refractivity contribution in [2.24, 2.45) is 0 Å². The Hall–Kier alpha value is -2.31. The number of hydrogen-bond acceptors (Lipinski definition) is 6. The third-order valence-corrected chi connectivity index (χ3v) is 4.92. The molecule has 3 aromatic rings. The number of aromatic nitrogens is 3. The second kappa shape index (κ2) is 6.67. The predicted molar refractivity (Wildman–Crippen MR) is 95.1 cm³/mol. The van der Waals surface area contributed by atoms with Crippen LogP contribution in [0.5, 0.6) is 0 Å². The zero-order valence-corrected chi connectivity index (χ0v) is 14.0. The summed E-state index contributed by atoms with van der Waals surface area (Å²) in [5.74, 6) is 1.47. The fourth-order valence-corrected chi connectivity index (χ4v) is 3.67. The summed E-state index contributed by atoms with van der Waals surface area (Å²) in [5, 5.41) is 17.6. The van der Waals surface area contributed by atoms with Crippen molar-refractivity contribution >= 4 is 17.2 Å². The molecule has 0 fully saturated rings. The molecule has 3 aromatic heterocycles. The summed E-state index contributed by atoms with van der Waals surface area (Å²) >= 11 is 1.59. The second-order valence-corrected chi connectivity index (χ2v) is 6.62. The Morgan fingerprint density at radius 2 is 2.17 bits per heavy atom. The zero-order chi connectivity index (χ0) is 16.4. The maximum absolute atomic E-state index is 10.3. The summed E-state index contributed by atoms with van der Waals surface area (Å²) < 4.78 is 0. The van der Waals surface area contributed by atoms with Crippen LogP contribution in [0.4, 0.5) is 5.82 Å². The van der Waals surface area contributed by atoms with E-state index >= 15 is 0 Å². The van der Waals surface area contributed by atoms with Crippen LogP contribution in [0.3, 0.4) is 0 Å². The maximum Gasteiger partial charge on any atom is 0.180 e. The SMILES string of the molecule is OC(CNc1nc(-c2ccccn2)nc2c1CCC2)c1ccsc1. The fourth-order valence-electron chi connectivity index (χ4n) is 2.96. The largest absolute Gasteiger partial charge is 0.387 e. The lowest BCUT2D eigenvalue weighted by molar-refractivity contribution is 0.192. The van der Waals surface area contributed by atoms with Gasteiger partial charge in [-0.15, -0.1) is 0 Å². The van der Waals surface area contributed by atoms with E-state index in [4.69, 9.17) is 0 Å². The molecule has 24 heavy (non-hydrogen) atoms. The lowest BCUT2D eigenvalue weighted by atomic mass is 10.2. The maximum atomic E-state index is 10.3. The Bertz CT molecular complexity index is 821. The fraction of sp³-hybridized carbons (Fsp3) is 0.278. The Morgan fingerprint density at radius 3 is 2.96 bits per heavy atom. The van der Waals surface area contributed by atoms with Crippen LogP contribution in [0.15, 0.2) is 41.2 Å². The highest BCUT2D eigenvalue weighted by atomic mass is 32.1. The number of hydrogen-bond donors (Lipinski definition) is 2. The van der Waals surface area contributed by atoms with Gasteiger partial charge in [-0.1, -0.05) is 6.07 Å². The van der Waals surface area contributed by atoms with Crippen molar-refractivity contribution in [3.05, 3.63) is 58.0 Å². The van der Waals surface area contributed by atoms with E-state index < -0.39 is 6.10 Å². The number of nitrogens with zero attached hydrogens (tertiary/aromatic N) is 3.